The largest absolute Gasteiger partial charge is 0.497 e. The van der Waals surface area contributed by atoms with Crippen molar-refractivity contribution in [3.63, 3.8) is 0 Å². The minimum atomic E-state index is -3.89. The Labute approximate surface area is 227 Å². The SMILES string of the molecule is COc1cc(Cl)c(NC(=O)C2CCN(S(=O)(=O)c3c(C)noc3C=Cc3ccc(C)cc3)CC2)c(OC)c1. The van der Waals surface area contributed by atoms with E-state index in [2.05, 4.69) is 10.5 Å². The summed E-state index contributed by atoms with van der Waals surface area (Å²) in [7, 11) is -0.902. The molecule has 1 amide bonds. The molecule has 1 saturated heterocycles. The molecule has 4 rings (SSSR count). The first-order chi connectivity index (χ1) is 18.1. The smallest absolute Gasteiger partial charge is 0.248 e. The maximum absolute atomic E-state index is 13.5. The number of sulfonamides is 1. The van der Waals surface area contributed by atoms with Gasteiger partial charge in [0, 0.05) is 31.1 Å². The molecule has 0 radical (unpaired) electrons. The summed E-state index contributed by atoms with van der Waals surface area (Å²) in [6.07, 6.45) is 4.09. The molecule has 1 aromatic heterocycles. The third kappa shape index (κ3) is 5.87. The molecule has 1 aliphatic rings. The molecule has 0 saturated carbocycles. The number of nitrogens with one attached hydrogen (secondary N) is 1. The van der Waals surface area contributed by atoms with Crippen molar-refractivity contribution in [2.45, 2.75) is 31.6 Å². The lowest BCUT2D eigenvalue weighted by atomic mass is 9.97. The highest BCUT2D eigenvalue weighted by molar-refractivity contribution is 7.89. The first-order valence-electron chi connectivity index (χ1n) is 12.1. The van der Waals surface area contributed by atoms with E-state index in [0.717, 1.165) is 11.1 Å². The van der Waals surface area contributed by atoms with Gasteiger partial charge in [0.25, 0.3) is 0 Å². The van der Waals surface area contributed by atoms with E-state index in [0.29, 0.717) is 30.0 Å². The molecule has 38 heavy (non-hydrogen) atoms. The van der Waals surface area contributed by atoms with Crippen LogP contribution in [0.1, 0.15) is 35.4 Å². The fourth-order valence-corrected chi connectivity index (χ4v) is 6.29. The average molecular weight is 560 g/mol. The third-order valence-corrected chi connectivity index (χ3v) is 8.85. The molecule has 0 bridgehead atoms. The van der Waals surface area contributed by atoms with Gasteiger partial charge in [0.15, 0.2) is 10.7 Å². The van der Waals surface area contributed by atoms with Gasteiger partial charge >= 0.3 is 0 Å². The third-order valence-electron chi connectivity index (χ3n) is 6.49. The molecular weight excluding hydrogens is 530 g/mol. The number of piperidine rings is 1. The van der Waals surface area contributed by atoms with Gasteiger partial charge in [-0.15, -0.1) is 0 Å². The van der Waals surface area contributed by atoms with Crippen LogP contribution in [0.2, 0.25) is 5.02 Å². The molecule has 1 N–H and O–H groups in total. The lowest BCUT2D eigenvalue weighted by Crippen LogP contribution is -2.41. The number of aromatic nitrogens is 1. The van der Waals surface area contributed by atoms with Crippen LogP contribution >= 0.6 is 11.6 Å². The molecular formula is C27H30ClN3O6S. The van der Waals surface area contributed by atoms with Crippen molar-refractivity contribution in [2.75, 3.05) is 32.6 Å². The van der Waals surface area contributed by atoms with Crippen LogP contribution in [0.4, 0.5) is 5.69 Å². The molecule has 0 aliphatic carbocycles. The quantitative estimate of drug-likeness (QED) is 0.405. The normalized spacial score (nSPS) is 15.1. The predicted octanol–water partition coefficient (Wildman–Crippen LogP) is 5.17. The summed E-state index contributed by atoms with van der Waals surface area (Å²) in [5.41, 5.74) is 2.67. The zero-order chi connectivity index (χ0) is 27.4. The Balaban J connectivity index is 1.45. The van der Waals surface area contributed by atoms with Crippen molar-refractivity contribution >= 4 is 45.4 Å². The molecule has 9 nitrogen and oxygen atoms in total. The van der Waals surface area contributed by atoms with Crippen molar-refractivity contribution in [1.29, 1.82) is 0 Å². The molecule has 0 spiro atoms. The fourth-order valence-electron chi connectivity index (χ4n) is 4.32. The lowest BCUT2D eigenvalue weighted by molar-refractivity contribution is -0.120. The Kier molecular flexibility index (Phi) is 8.44. The number of ether oxygens (including phenoxy) is 2. The average Bonchev–Trinajstić information content (AvgIpc) is 3.30. The second-order valence-corrected chi connectivity index (χ2v) is 11.3. The van der Waals surface area contributed by atoms with Gasteiger partial charge in [-0.3, -0.25) is 4.79 Å². The van der Waals surface area contributed by atoms with Gasteiger partial charge in [0.1, 0.15) is 22.9 Å². The molecule has 1 fully saturated rings. The Morgan fingerprint density at radius 2 is 1.79 bits per heavy atom. The first-order valence-corrected chi connectivity index (χ1v) is 13.9. The summed E-state index contributed by atoms with van der Waals surface area (Å²) in [6.45, 7) is 3.96. The summed E-state index contributed by atoms with van der Waals surface area (Å²) in [5, 5.41) is 7.02. The minimum Gasteiger partial charge on any atom is -0.497 e. The second kappa shape index (κ2) is 11.6. The van der Waals surface area contributed by atoms with Crippen LogP contribution in [0.5, 0.6) is 11.5 Å². The monoisotopic (exact) mass is 559 g/mol. The number of anilines is 1. The highest BCUT2D eigenvalue weighted by atomic mass is 35.5. The van der Waals surface area contributed by atoms with Gasteiger partial charge in [-0.05, 0) is 38.3 Å². The van der Waals surface area contributed by atoms with Gasteiger partial charge < -0.3 is 19.3 Å². The number of methoxy groups -OCH3 is 2. The second-order valence-electron chi connectivity index (χ2n) is 9.06. The molecule has 11 heteroatoms. The maximum atomic E-state index is 13.5. The van der Waals surface area contributed by atoms with Gasteiger partial charge in [-0.2, -0.15) is 4.31 Å². The van der Waals surface area contributed by atoms with Crippen molar-refractivity contribution < 1.29 is 27.2 Å². The number of carbonyl (C=O) groups is 1. The standard InChI is InChI=1S/C27H30ClN3O6S/c1-17-5-7-19(8-6-17)9-10-23-26(18(2)30-37-23)38(33,34)31-13-11-20(12-14-31)27(32)29-25-22(28)15-21(35-3)16-24(25)36-4/h5-10,15-16,20H,11-14H2,1-4H3,(H,29,32). The van der Waals surface area contributed by atoms with Crippen molar-refractivity contribution in [3.8, 4) is 11.5 Å². The minimum absolute atomic E-state index is 0.0403. The van der Waals surface area contributed by atoms with Crippen LogP contribution in [0, 0.1) is 19.8 Å². The number of hydrogen-bond acceptors (Lipinski definition) is 7. The summed E-state index contributed by atoms with van der Waals surface area (Å²) in [6, 6.07) is 11.0. The van der Waals surface area contributed by atoms with E-state index in [1.807, 2.05) is 31.2 Å². The van der Waals surface area contributed by atoms with Crippen LogP contribution < -0.4 is 14.8 Å². The van der Waals surface area contributed by atoms with Gasteiger partial charge in [-0.25, -0.2) is 8.42 Å². The number of benzene rings is 2. The van der Waals surface area contributed by atoms with E-state index in [1.165, 1.54) is 18.5 Å². The Bertz CT molecular complexity index is 1440. The Morgan fingerprint density at radius 1 is 1.11 bits per heavy atom. The highest BCUT2D eigenvalue weighted by Gasteiger charge is 2.36. The number of carbonyl (C=O) groups excluding carboxylic acids is 1. The molecule has 202 valence electrons. The van der Waals surface area contributed by atoms with Gasteiger partial charge in [0.05, 0.1) is 19.2 Å². The predicted molar refractivity (Wildman–Crippen MR) is 146 cm³/mol. The zero-order valence-corrected chi connectivity index (χ0v) is 23.2. The summed E-state index contributed by atoms with van der Waals surface area (Å²) in [5.74, 6) is 0.394. The first kappa shape index (κ1) is 27.7. The number of nitrogens with zero attached hydrogens (tertiary/aromatic N) is 2. The number of amides is 1. The molecule has 0 atom stereocenters. The molecule has 2 aromatic carbocycles. The van der Waals surface area contributed by atoms with Crippen LogP contribution in [0.3, 0.4) is 0 Å². The van der Waals surface area contributed by atoms with Gasteiger partial charge in [0.2, 0.25) is 15.9 Å². The van der Waals surface area contributed by atoms with E-state index in [1.54, 1.807) is 31.2 Å². The summed E-state index contributed by atoms with van der Waals surface area (Å²) < 4.78 is 44.4. The van der Waals surface area contributed by atoms with Crippen LogP contribution in [0.25, 0.3) is 12.2 Å². The molecule has 3 aromatic rings. The molecule has 2 heterocycles. The van der Waals surface area contributed by atoms with Crippen molar-refractivity contribution in [3.05, 3.63) is 64.0 Å². The summed E-state index contributed by atoms with van der Waals surface area (Å²) >= 11 is 6.33. The highest BCUT2D eigenvalue weighted by Crippen LogP contribution is 2.38. The van der Waals surface area contributed by atoms with E-state index in [-0.39, 0.29) is 40.4 Å². The number of hydrogen-bond donors (Lipinski definition) is 1. The van der Waals surface area contributed by atoms with Crippen molar-refractivity contribution in [1.82, 2.24) is 9.46 Å². The Hall–Kier alpha value is -3.34. The van der Waals surface area contributed by atoms with Crippen LogP contribution in [0.15, 0.2) is 45.8 Å². The number of rotatable bonds is 8. The van der Waals surface area contributed by atoms with E-state index in [4.69, 9.17) is 25.6 Å². The summed E-state index contributed by atoms with van der Waals surface area (Å²) in [4.78, 5) is 13.1. The van der Waals surface area contributed by atoms with E-state index < -0.39 is 15.9 Å². The van der Waals surface area contributed by atoms with E-state index >= 15 is 0 Å². The topological polar surface area (TPSA) is 111 Å². The number of halogens is 1. The van der Waals surface area contributed by atoms with Crippen LogP contribution in [-0.2, 0) is 14.8 Å². The maximum Gasteiger partial charge on any atom is 0.248 e. The molecule has 1 aliphatic heterocycles. The van der Waals surface area contributed by atoms with E-state index in [9.17, 15) is 13.2 Å². The Morgan fingerprint density at radius 3 is 2.42 bits per heavy atom. The van der Waals surface area contributed by atoms with Crippen molar-refractivity contribution in [2.24, 2.45) is 5.92 Å². The fraction of sp³-hybridized carbons (Fsp3) is 0.333. The van der Waals surface area contributed by atoms with Gasteiger partial charge in [-0.1, -0.05) is 52.7 Å². The lowest BCUT2D eigenvalue weighted by Gasteiger charge is -2.30. The van der Waals surface area contributed by atoms with Crippen LogP contribution in [-0.4, -0.2) is 51.1 Å². The molecule has 0 unspecified atom stereocenters. The number of aryl methyl sites for hydroxylation is 2. The zero-order valence-electron chi connectivity index (χ0n) is 21.7.